The minimum Gasteiger partial charge on any atom is -0.359 e. The van der Waals surface area contributed by atoms with E-state index < -0.39 is 0 Å². The molecule has 0 saturated carbocycles. The molecule has 92 valence electrons. The number of nitrogens with one attached hydrogen (secondary N) is 2. The van der Waals surface area contributed by atoms with E-state index in [2.05, 4.69) is 15.5 Å². The van der Waals surface area contributed by atoms with Crippen LogP contribution in [0.1, 0.15) is 19.3 Å². The number of amides is 1. The number of rotatable bonds is 3. The fraction of sp³-hybridized carbons (Fsp3) is 0.917. The Hall–Kier alpha value is -0.610. The maximum absolute atomic E-state index is 11.6. The highest BCUT2D eigenvalue weighted by Crippen LogP contribution is 2.19. The second kappa shape index (κ2) is 5.64. The van der Waals surface area contributed by atoms with Crippen molar-refractivity contribution in [2.75, 3.05) is 39.8 Å². The maximum Gasteiger partial charge on any atom is 0.224 e. The van der Waals surface area contributed by atoms with E-state index in [9.17, 15) is 4.79 Å². The van der Waals surface area contributed by atoms with Gasteiger partial charge in [-0.15, -0.1) is 0 Å². The SMILES string of the molecule is CNC(=O)C1CCCN(CC2CCNC2)C1. The van der Waals surface area contributed by atoms with Crippen molar-refractivity contribution in [2.45, 2.75) is 19.3 Å². The molecule has 0 bridgehead atoms. The van der Waals surface area contributed by atoms with E-state index in [4.69, 9.17) is 0 Å². The average Bonchev–Trinajstić information content (AvgIpc) is 2.81. The lowest BCUT2D eigenvalue weighted by Gasteiger charge is -2.33. The van der Waals surface area contributed by atoms with Gasteiger partial charge in [0.25, 0.3) is 0 Å². The van der Waals surface area contributed by atoms with E-state index in [1.54, 1.807) is 7.05 Å². The van der Waals surface area contributed by atoms with Gasteiger partial charge in [-0.2, -0.15) is 0 Å². The molecule has 2 heterocycles. The lowest BCUT2D eigenvalue weighted by atomic mass is 9.96. The molecule has 2 fully saturated rings. The Balaban J connectivity index is 1.79. The second-order valence-electron chi connectivity index (χ2n) is 5.07. The van der Waals surface area contributed by atoms with Crippen molar-refractivity contribution in [2.24, 2.45) is 11.8 Å². The largest absolute Gasteiger partial charge is 0.359 e. The molecule has 2 aliphatic heterocycles. The number of piperidine rings is 1. The van der Waals surface area contributed by atoms with Crippen LogP contribution in [-0.4, -0.2) is 50.6 Å². The number of carbonyl (C=O) groups excluding carboxylic acids is 1. The van der Waals surface area contributed by atoms with Gasteiger partial charge in [0.15, 0.2) is 0 Å². The summed E-state index contributed by atoms with van der Waals surface area (Å²) in [6.07, 6.45) is 3.51. The molecule has 0 aliphatic carbocycles. The Bertz CT molecular complexity index is 238. The van der Waals surface area contributed by atoms with Gasteiger partial charge in [0.2, 0.25) is 5.91 Å². The maximum atomic E-state index is 11.6. The summed E-state index contributed by atoms with van der Waals surface area (Å²) in [6, 6.07) is 0. The second-order valence-corrected chi connectivity index (χ2v) is 5.07. The van der Waals surface area contributed by atoms with Crippen molar-refractivity contribution in [3.63, 3.8) is 0 Å². The van der Waals surface area contributed by atoms with Crippen LogP contribution in [0.3, 0.4) is 0 Å². The van der Waals surface area contributed by atoms with E-state index in [-0.39, 0.29) is 11.8 Å². The molecule has 2 atom stereocenters. The Labute approximate surface area is 97.8 Å². The van der Waals surface area contributed by atoms with Gasteiger partial charge in [-0.25, -0.2) is 0 Å². The fourth-order valence-electron chi connectivity index (χ4n) is 2.87. The fourth-order valence-corrected chi connectivity index (χ4v) is 2.87. The van der Waals surface area contributed by atoms with E-state index in [0.29, 0.717) is 0 Å². The zero-order chi connectivity index (χ0) is 11.4. The molecule has 0 aromatic heterocycles. The Kier molecular flexibility index (Phi) is 4.18. The molecule has 2 saturated heterocycles. The Morgan fingerprint density at radius 3 is 3.06 bits per heavy atom. The van der Waals surface area contributed by atoms with Crippen LogP contribution in [0.4, 0.5) is 0 Å². The van der Waals surface area contributed by atoms with Crippen LogP contribution in [0.5, 0.6) is 0 Å². The average molecular weight is 225 g/mol. The topological polar surface area (TPSA) is 44.4 Å². The first-order valence-corrected chi connectivity index (χ1v) is 6.44. The molecule has 2 N–H and O–H groups in total. The monoisotopic (exact) mass is 225 g/mol. The van der Waals surface area contributed by atoms with Gasteiger partial charge in [-0.05, 0) is 44.8 Å². The summed E-state index contributed by atoms with van der Waals surface area (Å²) in [6.45, 7) is 5.61. The highest BCUT2D eigenvalue weighted by atomic mass is 16.1. The van der Waals surface area contributed by atoms with Crippen molar-refractivity contribution in [3.05, 3.63) is 0 Å². The third-order valence-corrected chi connectivity index (χ3v) is 3.80. The van der Waals surface area contributed by atoms with Gasteiger partial charge in [-0.3, -0.25) is 4.79 Å². The highest BCUT2D eigenvalue weighted by Gasteiger charge is 2.27. The van der Waals surface area contributed by atoms with Gasteiger partial charge < -0.3 is 15.5 Å². The summed E-state index contributed by atoms with van der Waals surface area (Å²) >= 11 is 0. The minimum absolute atomic E-state index is 0.216. The van der Waals surface area contributed by atoms with Gasteiger partial charge >= 0.3 is 0 Å². The molecule has 0 aromatic rings. The highest BCUT2D eigenvalue weighted by molar-refractivity contribution is 5.78. The molecule has 0 spiro atoms. The van der Waals surface area contributed by atoms with Crippen LogP contribution in [0, 0.1) is 11.8 Å². The molecule has 4 heteroatoms. The van der Waals surface area contributed by atoms with E-state index in [1.807, 2.05) is 0 Å². The Morgan fingerprint density at radius 1 is 1.50 bits per heavy atom. The predicted octanol–water partition coefficient (Wildman–Crippen LogP) is 0.0539. The van der Waals surface area contributed by atoms with Gasteiger partial charge in [0, 0.05) is 20.1 Å². The van der Waals surface area contributed by atoms with Crippen molar-refractivity contribution >= 4 is 5.91 Å². The summed E-state index contributed by atoms with van der Waals surface area (Å²) in [5.41, 5.74) is 0. The molecule has 2 aliphatic rings. The first-order chi connectivity index (χ1) is 7.79. The molecule has 0 aromatic carbocycles. The molecule has 0 radical (unpaired) electrons. The van der Waals surface area contributed by atoms with E-state index in [0.717, 1.165) is 38.4 Å². The zero-order valence-corrected chi connectivity index (χ0v) is 10.2. The van der Waals surface area contributed by atoms with Crippen LogP contribution in [0.2, 0.25) is 0 Å². The van der Waals surface area contributed by atoms with Crippen LogP contribution < -0.4 is 10.6 Å². The molecular weight excluding hydrogens is 202 g/mol. The zero-order valence-electron chi connectivity index (χ0n) is 10.2. The van der Waals surface area contributed by atoms with Crippen molar-refractivity contribution in [1.29, 1.82) is 0 Å². The number of likely N-dealkylation sites (tertiary alicyclic amines) is 1. The summed E-state index contributed by atoms with van der Waals surface area (Å²) in [4.78, 5) is 14.1. The summed E-state index contributed by atoms with van der Waals surface area (Å²) in [5, 5.41) is 6.17. The first kappa shape index (κ1) is 11.9. The van der Waals surface area contributed by atoms with Crippen LogP contribution in [0.15, 0.2) is 0 Å². The Morgan fingerprint density at radius 2 is 2.38 bits per heavy atom. The van der Waals surface area contributed by atoms with E-state index >= 15 is 0 Å². The number of hydrogen-bond acceptors (Lipinski definition) is 3. The third kappa shape index (κ3) is 2.95. The van der Waals surface area contributed by atoms with Crippen LogP contribution in [0.25, 0.3) is 0 Å². The lowest BCUT2D eigenvalue weighted by molar-refractivity contribution is -0.126. The number of hydrogen-bond donors (Lipinski definition) is 2. The van der Waals surface area contributed by atoms with E-state index in [1.165, 1.54) is 19.5 Å². The molecule has 1 amide bonds. The van der Waals surface area contributed by atoms with Crippen LogP contribution in [-0.2, 0) is 4.79 Å². The summed E-state index contributed by atoms with van der Waals surface area (Å²) in [7, 11) is 1.74. The normalized spacial score (nSPS) is 31.6. The molecule has 16 heavy (non-hydrogen) atoms. The summed E-state index contributed by atoms with van der Waals surface area (Å²) in [5.74, 6) is 1.23. The molecule has 4 nitrogen and oxygen atoms in total. The van der Waals surface area contributed by atoms with Crippen molar-refractivity contribution in [3.8, 4) is 0 Å². The van der Waals surface area contributed by atoms with Gasteiger partial charge in [0.1, 0.15) is 0 Å². The first-order valence-electron chi connectivity index (χ1n) is 6.44. The smallest absolute Gasteiger partial charge is 0.224 e. The van der Waals surface area contributed by atoms with Gasteiger partial charge in [-0.1, -0.05) is 0 Å². The minimum atomic E-state index is 0.216. The quantitative estimate of drug-likeness (QED) is 0.713. The predicted molar refractivity (Wildman–Crippen MR) is 64.2 cm³/mol. The molecule has 2 unspecified atom stereocenters. The van der Waals surface area contributed by atoms with Crippen molar-refractivity contribution < 1.29 is 4.79 Å². The van der Waals surface area contributed by atoms with Crippen molar-refractivity contribution in [1.82, 2.24) is 15.5 Å². The van der Waals surface area contributed by atoms with Crippen LogP contribution >= 0.6 is 0 Å². The number of nitrogens with zero attached hydrogens (tertiary/aromatic N) is 1. The molecule has 2 rings (SSSR count). The molecular formula is C12H23N3O. The van der Waals surface area contributed by atoms with Gasteiger partial charge in [0.05, 0.1) is 5.92 Å². The number of carbonyl (C=O) groups is 1. The lowest BCUT2D eigenvalue weighted by Crippen LogP contribution is -2.44. The third-order valence-electron chi connectivity index (χ3n) is 3.80. The summed E-state index contributed by atoms with van der Waals surface area (Å²) < 4.78 is 0. The standard InChI is InChI=1S/C12H23N3O/c1-13-12(16)11-3-2-6-15(9-11)8-10-4-5-14-7-10/h10-11,14H,2-9H2,1H3,(H,13,16).